The summed E-state index contributed by atoms with van der Waals surface area (Å²) in [4.78, 5) is 23.7. The van der Waals surface area contributed by atoms with Gasteiger partial charge in [0.1, 0.15) is 11.4 Å². The second-order valence-corrected chi connectivity index (χ2v) is 5.51. The zero-order valence-corrected chi connectivity index (χ0v) is 13.1. The lowest BCUT2D eigenvalue weighted by molar-refractivity contribution is 0.112. The van der Waals surface area contributed by atoms with Crippen molar-refractivity contribution in [1.82, 2.24) is 9.78 Å². The topological polar surface area (TPSA) is 66.9 Å². The second-order valence-electron chi connectivity index (χ2n) is 5.10. The number of hydrogen-bond donors (Lipinski definition) is 2. The number of aldehydes is 1. The van der Waals surface area contributed by atoms with Crippen LogP contribution in [0.25, 0.3) is 5.69 Å². The Labute approximate surface area is 137 Å². The summed E-state index contributed by atoms with van der Waals surface area (Å²) in [6.07, 6.45) is 0.532. The molecular weight excluding hydrogens is 314 g/mol. The summed E-state index contributed by atoms with van der Waals surface area (Å²) < 4.78 is 1.32. The monoisotopic (exact) mass is 327 g/mol. The van der Waals surface area contributed by atoms with Gasteiger partial charge >= 0.3 is 0 Å². The fraction of sp³-hybridized carbons (Fsp3) is 0.0588. The molecule has 0 atom stereocenters. The normalized spacial score (nSPS) is 10.5. The van der Waals surface area contributed by atoms with E-state index < -0.39 is 5.56 Å². The maximum absolute atomic E-state index is 12.4. The Morgan fingerprint density at radius 2 is 1.91 bits per heavy atom. The summed E-state index contributed by atoms with van der Waals surface area (Å²) >= 11 is 6.16. The van der Waals surface area contributed by atoms with Crippen molar-refractivity contribution in [3.8, 4) is 5.69 Å². The Balaban J connectivity index is 2.08. The Kier molecular flexibility index (Phi) is 4.04. The Morgan fingerprint density at radius 3 is 2.61 bits per heavy atom. The molecule has 1 heterocycles. The van der Waals surface area contributed by atoms with Gasteiger partial charge in [0.15, 0.2) is 6.29 Å². The number of aromatic amines is 1. The summed E-state index contributed by atoms with van der Waals surface area (Å²) in [6, 6.07) is 14.5. The number of nitrogens with zero attached hydrogens (tertiary/aromatic N) is 1. The summed E-state index contributed by atoms with van der Waals surface area (Å²) in [5, 5.41) is 6.44. The van der Waals surface area contributed by atoms with Crippen molar-refractivity contribution in [2.24, 2.45) is 0 Å². The smallest absolute Gasteiger partial charge is 0.284 e. The molecule has 0 aliphatic rings. The average molecular weight is 328 g/mol. The highest BCUT2D eigenvalue weighted by atomic mass is 35.5. The molecule has 0 bridgehead atoms. The van der Waals surface area contributed by atoms with E-state index in [1.807, 2.05) is 37.3 Å². The van der Waals surface area contributed by atoms with E-state index in [-0.39, 0.29) is 5.56 Å². The molecule has 23 heavy (non-hydrogen) atoms. The van der Waals surface area contributed by atoms with Crippen molar-refractivity contribution >= 4 is 29.4 Å². The molecule has 0 saturated heterocycles. The third-order valence-corrected chi connectivity index (χ3v) is 3.77. The zero-order chi connectivity index (χ0) is 16.4. The van der Waals surface area contributed by atoms with E-state index in [1.165, 1.54) is 4.68 Å². The molecule has 2 aromatic carbocycles. The molecule has 0 amide bonds. The van der Waals surface area contributed by atoms with Gasteiger partial charge < -0.3 is 5.32 Å². The number of carbonyl (C=O) groups is 1. The van der Waals surface area contributed by atoms with Crippen LogP contribution < -0.4 is 10.9 Å². The van der Waals surface area contributed by atoms with Gasteiger partial charge in [-0.25, -0.2) is 4.68 Å². The van der Waals surface area contributed by atoms with Gasteiger partial charge in [-0.1, -0.05) is 35.9 Å². The fourth-order valence-electron chi connectivity index (χ4n) is 2.28. The first kappa shape index (κ1) is 15.1. The van der Waals surface area contributed by atoms with Crippen molar-refractivity contribution in [2.75, 3.05) is 5.32 Å². The molecule has 116 valence electrons. The first-order valence-corrected chi connectivity index (χ1v) is 7.36. The molecule has 0 aliphatic heterocycles. The maximum atomic E-state index is 12.4. The predicted octanol–water partition coefficient (Wildman–Crippen LogP) is 3.68. The quantitative estimate of drug-likeness (QED) is 0.718. The van der Waals surface area contributed by atoms with E-state index in [0.717, 1.165) is 5.56 Å². The number of nitrogens with one attached hydrogen (secondary N) is 2. The maximum Gasteiger partial charge on any atom is 0.284 e. The van der Waals surface area contributed by atoms with Crippen LogP contribution in [0.15, 0.2) is 53.3 Å². The number of H-pyrrole nitrogens is 1. The van der Waals surface area contributed by atoms with Crippen molar-refractivity contribution in [3.05, 3.63) is 75.0 Å². The van der Waals surface area contributed by atoms with Crippen molar-refractivity contribution in [2.45, 2.75) is 6.92 Å². The standard InChI is InChI=1S/C17H14ClN3O2/c1-11-7-8-14(18)15(9-11)19-16-13(10-22)17(23)21(20-16)12-5-3-2-4-6-12/h2-10,19-20H,1H3. The molecule has 0 aliphatic carbocycles. The summed E-state index contributed by atoms with van der Waals surface area (Å²) in [6.45, 7) is 1.93. The predicted molar refractivity (Wildman–Crippen MR) is 91.2 cm³/mol. The third kappa shape index (κ3) is 2.91. The van der Waals surface area contributed by atoms with E-state index in [1.54, 1.807) is 18.2 Å². The Bertz CT molecular complexity index is 913. The molecule has 3 rings (SSSR count). The molecule has 0 spiro atoms. The lowest BCUT2D eigenvalue weighted by Gasteiger charge is -2.08. The molecule has 0 radical (unpaired) electrons. The molecule has 5 nitrogen and oxygen atoms in total. The van der Waals surface area contributed by atoms with Crippen LogP contribution >= 0.6 is 11.6 Å². The van der Waals surface area contributed by atoms with Gasteiger partial charge in [-0.3, -0.25) is 14.7 Å². The SMILES string of the molecule is Cc1ccc(Cl)c(Nc2[nH]n(-c3ccccc3)c(=O)c2C=O)c1. The number of aryl methyl sites for hydroxylation is 1. The number of halogens is 1. The number of para-hydroxylation sites is 1. The number of anilines is 2. The zero-order valence-electron chi connectivity index (χ0n) is 12.3. The molecule has 2 N–H and O–H groups in total. The molecule has 0 fully saturated rings. The molecule has 0 saturated carbocycles. The van der Waals surface area contributed by atoms with Crippen molar-refractivity contribution in [3.63, 3.8) is 0 Å². The first-order chi connectivity index (χ1) is 11.1. The largest absolute Gasteiger partial charge is 0.339 e. The van der Waals surface area contributed by atoms with Crippen LogP contribution in [0, 0.1) is 6.92 Å². The van der Waals surface area contributed by atoms with Gasteiger partial charge in [0.05, 0.1) is 16.4 Å². The fourth-order valence-corrected chi connectivity index (χ4v) is 2.45. The van der Waals surface area contributed by atoms with Crippen LogP contribution in [0.5, 0.6) is 0 Å². The number of hydrogen-bond acceptors (Lipinski definition) is 3. The molecule has 0 unspecified atom stereocenters. The average Bonchev–Trinajstić information content (AvgIpc) is 2.87. The van der Waals surface area contributed by atoms with Crippen LogP contribution in [-0.4, -0.2) is 16.1 Å². The van der Waals surface area contributed by atoms with Crippen LogP contribution in [0.1, 0.15) is 15.9 Å². The summed E-state index contributed by atoms with van der Waals surface area (Å²) in [5.41, 5.74) is 1.87. The van der Waals surface area contributed by atoms with E-state index >= 15 is 0 Å². The van der Waals surface area contributed by atoms with Crippen LogP contribution in [0.4, 0.5) is 11.5 Å². The summed E-state index contributed by atoms with van der Waals surface area (Å²) in [7, 11) is 0. The first-order valence-electron chi connectivity index (χ1n) is 6.99. The number of aromatic nitrogens is 2. The van der Waals surface area contributed by atoms with Crippen LogP contribution in [0.2, 0.25) is 5.02 Å². The van der Waals surface area contributed by atoms with Gasteiger partial charge in [-0.05, 0) is 36.8 Å². The van der Waals surface area contributed by atoms with Gasteiger partial charge in [0.2, 0.25) is 0 Å². The summed E-state index contributed by atoms with van der Waals surface area (Å²) in [5.74, 6) is 0.307. The lowest BCUT2D eigenvalue weighted by Crippen LogP contribution is -2.16. The number of benzene rings is 2. The molecular formula is C17H14ClN3O2. The minimum Gasteiger partial charge on any atom is -0.339 e. The Morgan fingerprint density at radius 1 is 1.17 bits per heavy atom. The number of rotatable bonds is 4. The van der Waals surface area contributed by atoms with Gasteiger partial charge in [0.25, 0.3) is 5.56 Å². The second kappa shape index (κ2) is 6.14. The van der Waals surface area contributed by atoms with E-state index in [9.17, 15) is 9.59 Å². The van der Waals surface area contributed by atoms with E-state index in [0.29, 0.717) is 28.5 Å². The van der Waals surface area contributed by atoms with Gasteiger partial charge in [-0.2, -0.15) is 0 Å². The highest BCUT2D eigenvalue weighted by Crippen LogP contribution is 2.26. The van der Waals surface area contributed by atoms with Gasteiger partial charge in [0, 0.05) is 0 Å². The highest BCUT2D eigenvalue weighted by Gasteiger charge is 2.15. The van der Waals surface area contributed by atoms with Crippen LogP contribution in [-0.2, 0) is 0 Å². The van der Waals surface area contributed by atoms with E-state index in [2.05, 4.69) is 10.4 Å². The van der Waals surface area contributed by atoms with Gasteiger partial charge in [-0.15, -0.1) is 0 Å². The molecule has 3 aromatic rings. The highest BCUT2D eigenvalue weighted by molar-refractivity contribution is 6.33. The van der Waals surface area contributed by atoms with Crippen LogP contribution in [0.3, 0.4) is 0 Å². The Hall–Kier alpha value is -2.79. The molecule has 1 aromatic heterocycles. The van der Waals surface area contributed by atoms with Crippen molar-refractivity contribution < 1.29 is 4.79 Å². The number of carbonyl (C=O) groups excluding carboxylic acids is 1. The third-order valence-electron chi connectivity index (χ3n) is 3.44. The minimum absolute atomic E-state index is 0.0198. The molecule has 6 heteroatoms. The lowest BCUT2D eigenvalue weighted by atomic mass is 10.2. The van der Waals surface area contributed by atoms with Crippen molar-refractivity contribution in [1.29, 1.82) is 0 Å². The minimum atomic E-state index is -0.419. The van der Waals surface area contributed by atoms with E-state index in [4.69, 9.17) is 11.6 Å².